The topological polar surface area (TPSA) is 92.4 Å². The standard InChI is InChI=1S/C26H26N4O3S2/c1-26(2,3)16-11-19(23(33-4)20(12-16)30-34)29-25(32)22-13-17-18(8-5-9-21(17)35-22)28-24(31)15-7-6-10-27-14-15/h5-14,30,34H,1-4H3,(H,28,31)(H,29,32). The number of carbonyl (C=O) groups is 2. The van der Waals surface area contributed by atoms with E-state index in [9.17, 15) is 9.59 Å². The minimum Gasteiger partial charge on any atom is -0.492 e. The van der Waals surface area contributed by atoms with Crippen LogP contribution in [-0.4, -0.2) is 23.9 Å². The Morgan fingerprint density at radius 2 is 1.71 bits per heavy atom. The number of thiophene rings is 1. The van der Waals surface area contributed by atoms with Crippen molar-refractivity contribution in [1.82, 2.24) is 4.98 Å². The molecule has 0 aliphatic heterocycles. The van der Waals surface area contributed by atoms with E-state index in [4.69, 9.17) is 4.74 Å². The van der Waals surface area contributed by atoms with Gasteiger partial charge in [-0.2, -0.15) is 0 Å². The molecule has 7 nitrogen and oxygen atoms in total. The number of fused-ring (bicyclic) bond motifs is 1. The van der Waals surface area contributed by atoms with Crippen molar-refractivity contribution in [2.24, 2.45) is 0 Å². The molecule has 4 aromatic rings. The maximum Gasteiger partial charge on any atom is 0.265 e. The van der Waals surface area contributed by atoms with Gasteiger partial charge in [-0.25, -0.2) is 0 Å². The van der Waals surface area contributed by atoms with Gasteiger partial charge in [0.2, 0.25) is 0 Å². The summed E-state index contributed by atoms with van der Waals surface area (Å²) in [6, 6.07) is 14.6. The van der Waals surface area contributed by atoms with Crippen LogP contribution in [0.15, 0.2) is 60.9 Å². The molecular formula is C26H26N4O3S2. The summed E-state index contributed by atoms with van der Waals surface area (Å²) in [6.45, 7) is 6.28. The Hall–Kier alpha value is -3.56. The molecule has 0 bridgehead atoms. The quantitative estimate of drug-likeness (QED) is 0.228. The van der Waals surface area contributed by atoms with E-state index in [1.807, 2.05) is 30.3 Å². The first-order chi connectivity index (χ1) is 16.7. The minimum atomic E-state index is -0.273. The molecule has 3 N–H and O–H groups in total. The molecule has 0 fully saturated rings. The van der Waals surface area contributed by atoms with Gasteiger partial charge >= 0.3 is 0 Å². The largest absolute Gasteiger partial charge is 0.492 e. The molecule has 0 aliphatic carbocycles. The highest BCUT2D eigenvalue weighted by atomic mass is 32.1. The lowest BCUT2D eigenvalue weighted by atomic mass is 9.86. The molecule has 0 spiro atoms. The van der Waals surface area contributed by atoms with Crippen LogP contribution in [-0.2, 0) is 5.41 Å². The number of pyridine rings is 1. The number of thiol groups is 1. The molecule has 0 atom stereocenters. The maximum atomic E-state index is 13.3. The van der Waals surface area contributed by atoms with Crippen molar-refractivity contribution in [2.45, 2.75) is 26.2 Å². The Kier molecular flexibility index (Phi) is 7.00. The molecule has 2 aromatic carbocycles. The summed E-state index contributed by atoms with van der Waals surface area (Å²) in [6.07, 6.45) is 3.12. The molecule has 0 radical (unpaired) electrons. The minimum absolute atomic E-state index is 0.149. The number of rotatable bonds is 6. The van der Waals surface area contributed by atoms with Crippen molar-refractivity contribution < 1.29 is 14.3 Å². The highest BCUT2D eigenvalue weighted by Gasteiger charge is 2.22. The van der Waals surface area contributed by atoms with E-state index in [0.717, 1.165) is 15.6 Å². The van der Waals surface area contributed by atoms with Gasteiger partial charge < -0.3 is 20.1 Å². The Morgan fingerprint density at radius 3 is 2.37 bits per heavy atom. The van der Waals surface area contributed by atoms with Gasteiger partial charge in [0.1, 0.15) is 0 Å². The average molecular weight is 507 g/mol. The Bertz CT molecular complexity index is 1400. The van der Waals surface area contributed by atoms with E-state index in [-0.39, 0.29) is 17.2 Å². The number of hydrogen-bond acceptors (Lipinski definition) is 7. The number of nitrogens with zero attached hydrogens (tertiary/aromatic N) is 1. The molecule has 9 heteroatoms. The van der Waals surface area contributed by atoms with Crippen LogP contribution >= 0.6 is 24.2 Å². The van der Waals surface area contributed by atoms with Crippen molar-refractivity contribution in [2.75, 3.05) is 22.5 Å². The van der Waals surface area contributed by atoms with Crippen LogP contribution in [0.5, 0.6) is 5.75 Å². The molecule has 0 aliphatic rings. The van der Waals surface area contributed by atoms with Gasteiger partial charge in [0, 0.05) is 28.2 Å². The summed E-state index contributed by atoms with van der Waals surface area (Å²) in [5.74, 6) is -0.0459. The molecule has 2 amide bonds. The third-order valence-electron chi connectivity index (χ3n) is 5.48. The summed E-state index contributed by atoms with van der Waals surface area (Å²) in [5.41, 5.74) is 3.16. The number of hydrogen-bond donors (Lipinski definition) is 4. The van der Waals surface area contributed by atoms with Crippen molar-refractivity contribution in [3.63, 3.8) is 0 Å². The zero-order valence-electron chi connectivity index (χ0n) is 19.8. The van der Waals surface area contributed by atoms with Crippen molar-refractivity contribution >= 4 is 63.1 Å². The smallest absolute Gasteiger partial charge is 0.265 e. The van der Waals surface area contributed by atoms with Gasteiger partial charge in [0.25, 0.3) is 11.8 Å². The number of anilines is 3. The second-order valence-electron chi connectivity index (χ2n) is 8.94. The third-order valence-corrected chi connectivity index (χ3v) is 6.82. The molecule has 2 heterocycles. The lowest BCUT2D eigenvalue weighted by molar-refractivity contribution is 0.102. The van der Waals surface area contributed by atoms with E-state index in [0.29, 0.717) is 33.3 Å². The van der Waals surface area contributed by atoms with Crippen LogP contribution in [0.25, 0.3) is 10.1 Å². The van der Waals surface area contributed by atoms with Crippen LogP contribution < -0.4 is 20.1 Å². The van der Waals surface area contributed by atoms with Gasteiger partial charge in [0.15, 0.2) is 5.75 Å². The molecular weight excluding hydrogens is 480 g/mol. The highest BCUT2D eigenvalue weighted by Crippen LogP contribution is 2.40. The summed E-state index contributed by atoms with van der Waals surface area (Å²) >= 11 is 5.55. The van der Waals surface area contributed by atoms with E-state index < -0.39 is 0 Å². The van der Waals surface area contributed by atoms with E-state index in [2.05, 4.69) is 53.9 Å². The van der Waals surface area contributed by atoms with Gasteiger partial charge in [-0.15, -0.1) is 11.3 Å². The first-order valence-corrected chi connectivity index (χ1v) is 12.2. The maximum absolute atomic E-state index is 13.3. The number of methoxy groups -OCH3 is 1. The van der Waals surface area contributed by atoms with Gasteiger partial charge in [-0.05, 0) is 53.4 Å². The lowest BCUT2D eigenvalue weighted by Gasteiger charge is -2.23. The highest BCUT2D eigenvalue weighted by molar-refractivity contribution is 7.81. The number of benzene rings is 2. The van der Waals surface area contributed by atoms with Crippen LogP contribution in [0.4, 0.5) is 17.1 Å². The van der Waals surface area contributed by atoms with Crippen LogP contribution in [0, 0.1) is 0 Å². The zero-order valence-corrected chi connectivity index (χ0v) is 21.5. The zero-order chi connectivity index (χ0) is 25.2. The molecule has 0 unspecified atom stereocenters. The normalized spacial score (nSPS) is 11.2. The third kappa shape index (κ3) is 5.26. The van der Waals surface area contributed by atoms with Crippen molar-refractivity contribution in [3.05, 3.63) is 76.9 Å². The predicted molar refractivity (Wildman–Crippen MR) is 146 cm³/mol. The second kappa shape index (κ2) is 9.97. The molecule has 180 valence electrons. The Labute approximate surface area is 213 Å². The van der Waals surface area contributed by atoms with E-state index in [1.165, 1.54) is 17.5 Å². The molecule has 0 saturated carbocycles. The summed E-state index contributed by atoms with van der Waals surface area (Å²) in [4.78, 5) is 30.4. The number of ether oxygens (including phenoxy) is 1. The first-order valence-electron chi connectivity index (χ1n) is 10.9. The number of aromatic nitrogens is 1. The lowest BCUT2D eigenvalue weighted by Crippen LogP contribution is -2.15. The van der Waals surface area contributed by atoms with Crippen LogP contribution in [0.1, 0.15) is 46.4 Å². The van der Waals surface area contributed by atoms with Crippen molar-refractivity contribution in [1.29, 1.82) is 0 Å². The van der Waals surface area contributed by atoms with E-state index >= 15 is 0 Å². The second-order valence-corrected chi connectivity index (χ2v) is 10.3. The van der Waals surface area contributed by atoms with Gasteiger partial charge in [-0.3, -0.25) is 14.6 Å². The molecule has 2 aromatic heterocycles. The first kappa shape index (κ1) is 24.6. The monoisotopic (exact) mass is 506 g/mol. The average Bonchev–Trinajstić information content (AvgIpc) is 3.29. The SMILES string of the molecule is COc1c(NS)cc(C(C)(C)C)cc1NC(=O)c1cc2c(NC(=O)c3cccnc3)cccc2s1. The fourth-order valence-electron chi connectivity index (χ4n) is 3.61. The fourth-order valence-corrected chi connectivity index (χ4v) is 4.76. The summed E-state index contributed by atoms with van der Waals surface area (Å²) in [7, 11) is 1.55. The van der Waals surface area contributed by atoms with Gasteiger partial charge in [-0.1, -0.05) is 39.7 Å². The predicted octanol–water partition coefficient (Wildman–Crippen LogP) is 6.36. The number of carbonyl (C=O) groups excluding carboxylic acids is 2. The van der Waals surface area contributed by atoms with Crippen LogP contribution in [0.3, 0.4) is 0 Å². The molecule has 4 rings (SSSR count). The number of amides is 2. The van der Waals surface area contributed by atoms with Crippen molar-refractivity contribution in [3.8, 4) is 5.75 Å². The van der Waals surface area contributed by atoms with Gasteiger partial charge in [0.05, 0.1) is 28.9 Å². The summed E-state index contributed by atoms with van der Waals surface area (Å²) < 4.78 is 9.29. The fraction of sp³-hybridized carbons (Fsp3) is 0.192. The Balaban J connectivity index is 1.65. The van der Waals surface area contributed by atoms with E-state index in [1.54, 1.807) is 31.5 Å². The summed E-state index contributed by atoms with van der Waals surface area (Å²) in [5, 5.41) is 6.69. The molecule has 0 saturated heterocycles. The Morgan fingerprint density at radius 1 is 0.971 bits per heavy atom. The number of nitrogens with one attached hydrogen (secondary N) is 3. The molecule has 35 heavy (non-hydrogen) atoms. The van der Waals surface area contributed by atoms with Crippen LogP contribution in [0.2, 0.25) is 0 Å².